The fraction of sp³-hybridized carbons (Fsp3) is 0.846. The Hall–Kier alpha value is -1.10. The van der Waals surface area contributed by atoms with E-state index in [1.807, 2.05) is 20.8 Å². The van der Waals surface area contributed by atoms with Crippen molar-refractivity contribution in [2.24, 2.45) is 11.7 Å². The number of carbonyl (C=O) groups is 2. The number of hydrogen-bond acceptors (Lipinski definition) is 3. The number of nitrogens with two attached hydrogens (primary N) is 1. The summed E-state index contributed by atoms with van der Waals surface area (Å²) in [6, 6.07) is -1.00. The molecule has 2 atom stereocenters. The van der Waals surface area contributed by atoms with Gasteiger partial charge in [-0.15, -0.1) is 0 Å². The lowest BCUT2D eigenvalue weighted by molar-refractivity contribution is -0.135. The molecular weight excluding hydrogens is 230 g/mol. The number of hydrogen-bond donors (Lipinski definition) is 2. The average Bonchev–Trinajstić information content (AvgIpc) is 2.26. The summed E-state index contributed by atoms with van der Waals surface area (Å²) in [5.41, 5.74) is 5.75. The van der Waals surface area contributed by atoms with Crippen LogP contribution in [0.25, 0.3) is 0 Å². The van der Waals surface area contributed by atoms with Crippen LogP contribution in [0.5, 0.6) is 0 Å². The lowest BCUT2D eigenvalue weighted by Crippen LogP contribution is -2.51. The summed E-state index contributed by atoms with van der Waals surface area (Å²) in [6.07, 6.45) is 2.11. The number of rotatable bonds is 7. The molecule has 0 aliphatic rings. The highest BCUT2D eigenvalue weighted by Crippen LogP contribution is 2.07. The molecule has 0 heterocycles. The van der Waals surface area contributed by atoms with Crippen molar-refractivity contribution in [1.29, 1.82) is 0 Å². The van der Waals surface area contributed by atoms with Crippen LogP contribution in [0.2, 0.25) is 0 Å². The van der Waals surface area contributed by atoms with E-state index in [2.05, 4.69) is 5.32 Å². The van der Waals surface area contributed by atoms with Crippen molar-refractivity contribution < 1.29 is 9.59 Å². The van der Waals surface area contributed by atoms with Gasteiger partial charge in [-0.1, -0.05) is 27.2 Å². The van der Waals surface area contributed by atoms with E-state index in [9.17, 15) is 9.59 Å². The van der Waals surface area contributed by atoms with E-state index in [-0.39, 0.29) is 11.8 Å². The standard InChI is InChI=1S/C13H27N3O2/c1-6-7-10(14)12(17)15-11(8-9(2)3)13(18)16(4)5/h9-11H,6-8,14H2,1-5H3,(H,15,17)/t10-,11?/m1/s1. The Bertz CT molecular complexity index is 277. The van der Waals surface area contributed by atoms with E-state index in [0.717, 1.165) is 6.42 Å². The highest BCUT2D eigenvalue weighted by atomic mass is 16.2. The molecule has 5 nitrogen and oxygen atoms in total. The minimum absolute atomic E-state index is 0.0826. The Morgan fingerprint density at radius 2 is 1.83 bits per heavy atom. The average molecular weight is 257 g/mol. The molecule has 0 aromatic heterocycles. The number of likely N-dealkylation sites (N-methyl/N-ethyl adjacent to an activating group) is 1. The maximum absolute atomic E-state index is 12.0. The van der Waals surface area contributed by atoms with E-state index < -0.39 is 12.1 Å². The number of carbonyl (C=O) groups excluding carboxylic acids is 2. The summed E-state index contributed by atoms with van der Waals surface area (Å²) in [6.45, 7) is 6.02. The first-order valence-corrected chi connectivity index (χ1v) is 6.56. The van der Waals surface area contributed by atoms with Gasteiger partial charge in [-0.2, -0.15) is 0 Å². The van der Waals surface area contributed by atoms with Crippen molar-refractivity contribution in [3.8, 4) is 0 Å². The van der Waals surface area contributed by atoms with Crippen LogP contribution >= 0.6 is 0 Å². The molecule has 3 N–H and O–H groups in total. The Kier molecular flexibility index (Phi) is 7.59. The van der Waals surface area contributed by atoms with E-state index >= 15 is 0 Å². The van der Waals surface area contributed by atoms with Crippen molar-refractivity contribution in [3.63, 3.8) is 0 Å². The summed E-state index contributed by atoms with van der Waals surface area (Å²) in [5, 5.41) is 2.76. The summed E-state index contributed by atoms with van der Waals surface area (Å²) >= 11 is 0. The minimum Gasteiger partial charge on any atom is -0.347 e. The maximum Gasteiger partial charge on any atom is 0.244 e. The maximum atomic E-state index is 12.0. The predicted octanol–water partition coefficient (Wildman–Crippen LogP) is 0.733. The Balaban J connectivity index is 4.58. The molecule has 0 spiro atoms. The van der Waals surface area contributed by atoms with Gasteiger partial charge in [0.1, 0.15) is 6.04 Å². The van der Waals surface area contributed by atoms with Crippen molar-refractivity contribution in [3.05, 3.63) is 0 Å². The molecule has 0 rings (SSSR count). The van der Waals surface area contributed by atoms with E-state index in [1.165, 1.54) is 4.90 Å². The second-order valence-corrected chi connectivity index (χ2v) is 5.32. The monoisotopic (exact) mass is 257 g/mol. The molecule has 0 radical (unpaired) electrons. The molecule has 5 heteroatoms. The molecule has 0 saturated carbocycles. The lowest BCUT2D eigenvalue weighted by Gasteiger charge is -2.24. The van der Waals surface area contributed by atoms with Gasteiger partial charge in [-0.3, -0.25) is 9.59 Å². The van der Waals surface area contributed by atoms with Gasteiger partial charge in [-0.25, -0.2) is 0 Å². The Labute approximate surface area is 110 Å². The zero-order valence-corrected chi connectivity index (χ0v) is 12.2. The molecular formula is C13H27N3O2. The number of nitrogens with zero attached hydrogens (tertiary/aromatic N) is 1. The summed E-state index contributed by atoms with van der Waals surface area (Å²) in [4.78, 5) is 25.3. The van der Waals surface area contributed by atoms with E-state index in [1.54, 1.807) is 14.1 Å². The molecule has 0 aromatic rings. The second kappa shape index (κ2) is 8.08. The van der Waals surface area contributed by atoms with Crippen molar-refractivity contribution in [2.45, 2.75) is 52.1 Å². The minimum atomic E-state index is -0.528. The SMILES string of the molecule is CCC[C@@H](N)C(=O)NC(CC(C)C)C(=O)N(C)C. The van der Waals surface area contributed by atoms with Crippen LogP contribution in [0.3, 0.4) is 0 Å². The predicted molar refractivity (Wildman–Crippen MR) is 73.0 cm³/mol. The molecule has 1 unspecified atom stereocenters. The first-order chi connectivity index (χ1) is 8.29. The number of nitrogens with one attached hydrogen (secondary N) is 1. The van der Waals surface area contributed by atoms with E-state index in [0.29, 0.717) is 18.8 Å². The summed E-state index contributed by atoms with van der Waals surface area (Å²) in [7, 11) is 3.38. The Morgan fingerprint density at radius 3 is 2.22 bits per heavy atom. The zero-order valence-electron chi connectivity index (χ0n) is 12.2. The normalized spacial score (nSPS) is 14.2. The van der Waals surface area contributed by atoms with Crippen molar-refractivity contribution >= 4 is 11.8 Å². The van der Waals surface area contributed by atoms with Crippen molar-refractivity contribution in [2.75, 3.05) is 14.1 Å². The van der Waals surface area contributed by atoms with Crippen LogP contribution in [0.4, 0.5) is 0 Å². The third kappa shape index (κ3) is 6.00. The second-order valence-electron chi connectivity index (χ2n) is 5.32. The van der Waals surface area contributed by atoms with Crippen LogP contribution < -0.4 is 11.1 Å². The van der Waals surface area contributed by atoms with Gasteiger partial charge >= 0.3 is 0 Å². The molecule has 106 valence electrons. The number of amides is 2. The molecule has 18 heavy (non-hydrogen) atoms. The highest BCUT2D eigenvalue weighted by molar-refractivity contribution is 5.89. The smallest absolute Gasteiger partial charge is 0.244 e. The highest BCUT2D eigenvalue weighted by Gasteiger charge is 2.25. The van der Waals surface area contributed by atoms with Gasteiger partial charge in [0.2, 0.25) is 11.8 Å². The van der Waals surface area contributed by atoms with Gasteiger partial charge < -0.3 is 16.0 Å². The fourth-order valence-electron chi connectivity index (χ4n) is 1.73. The van der Waals surface area contributed by atoms with E-state index in [4.69, 9.17) is 5.73 Å². The lowest BCUT2D eigenvalue weighted by atomic mass is 10.0. The van der Waals surface area contributed by atoms with Crippen LogP contribution in [0.1, 0.15) is 40.0 Å². The zero-order chi connectivity index (χ0) is 14.3. The third-order valence-corrected chi connectivity index (χ3v) is 2.70. The molecule has 0 aliphatic carbocycles. The first-order valence-electron chi connectivity index (χ1n) is 6.56. The third-order valence-electron chi connectivity index (χ3n) is 2.70. The molecule has 0 saturated heterocycles. The van der Waals surface area contributed by atoms with Crippen LogP contribution in [-0.2, 0) is 9.59 Å². The van der Waals surface area contributed by atoms with Gasteiger partial charge in [0.25, 0.3) is 0 Å². The first kappa shape index (κ1) is 16.9. The van der Waals surface area contributed by atoms with Crippen LogP contribution in [0.15, 0.2) is 0 Å². The molecule has 0 aromatic carbocycles. The van der Waals surface area contributed by atoms with Gasteiger partial charge in [0.05, 0.1) is 6.04 Å². The van der Waals surface area contributed by atoms with Gasteiger partial charge in [0, 0.05) is 14.1 Å². The summed E-state index contributed by atoms with van der Waals surface area (Å²) in [5.74, 6) is 0.0139. The van der Waals surface area contributed by atoms with Crippen LogP contribution in [0, 0.1) is 5.92 Å². The largest absolute Gasteiger partial charge is 0.347 e. The molecule has 2 amide bonds. The summed E-state index contributed by atoms with van der Waals surface area (Å²) < 4.78 is 0. The van der Waals surface area contributed by atoms with Crippen LogP contribution in [-0.4, -0.2) is 42.9 Å². The molecule has 0 bridgehead atoms. The quantitative estimate of drug-likeness (QED) is 0.706. The molecule has 0 aliphatic heterocycles. The van der Waals surface area contributed by atoms with Gasteiger partial charge in [-0.05, 0) is 18.8 Å². The Morgan fingerprint density at radius 1 is 1.28 bits per heavy atom. The fourth-order valence-corrected chi connectivity index (χ4v) is 1.73. The molecule has 0 fully saturated rings. The topological polar surface area (TPSA) is 75.4 Å². The van der Waals surface area contributed by atoms with Gasteiger partial charge in [0.15, 0.2) is 0 Å². The van der Waals surface area contributed by atoms with Crippen molar-refractivity contribution in [1.82, 2.24) is 10.2 Å².